The highest BCUT2D eigenvalue weighted by atomic mass is 35.5. The van der Waals surface area contributed by atoms with Crippen molar-refractivity contribution in [2.45, 2.75) is 12.5 Å². The molecule has 0 bridgehead atoms. The first-order valence-electron chi connectivity index (χ1n) is 6.43. The molecule has 1 atom stereocenters. The van der Waals surface area contributed by atoms with E-state index in [9.17, 15) is 4.39 Å². The summed E-state index contributed by atoms with van der Waals surface area (Å²) in [6.07, 6.45) is 1.01. The largest absolute Gasteiger partial charge is 0.497 e. The second-order valence-electron chi connectivity index (χ2n) is 4.75. The normalized spacial score (nSPS) is 17.0. The molecule has 0 aromatic heterocycles. The number of ether oxygens (including phenoxy) is 1. The van der Waals surface area contributed by atoms with Crippen LogP contribution in [0.25, 0.3) is 0 Å². The molecule has 0 amide bonds. The highest BCUT2D eigenvalue weighted by Gasteiger charge is 2.21. The summed E-state index contributed by atoms with van der Waals surface area (Å²) in [5.74, 6) is 0.653. The van der Waals surface area contributed by atoms with Crippen LogP contribution in [0, 0.1) is 5.82 Å². The van der Waals surface area contributed by atoms with Gasteiger partial charge in [0.1, 0.15) is 11.6 Å². The zero-order valence-electron chi connectivity index (χ0n) is 11.2. The molecular formula is C16H17ClFNO. The van der Waals surface area contributed by atoms with Gasteiger partial charge in [-0.2, -0.15) is 0 Å². The van der Waals surface area contributed by atoms with Crippen molar-refractivity contribution in [3.63, 3.8) is 0 Å². The molecule has 1 heterocycles. The lowest BCUT2D eigenvalue weighted by Gasteiger charge is -2.27. The van der Waals surface area contributed by atoms with Gasteiger partial charge in [-0.3, -0.25) is 0 Å². The average Bonchev–Trinajstić information content (AvgIpc) is 2.47. The van der Waals surface area contributed by atoms with Gasteiger partial charge < -0.3 is 10.1 Å². The number of halogens is 2. The Labute approximate surface area is 124 Å². The van der Waals surface area contributed by atoms with Crippen molar-refractivity contribution in [1.29, 1.82) is 0 Å². The van der Waals surface area contributed by atoms with Crippen molar-refractivity contribution in [1.82, 2.24) is 5.32 Å². The van der Waals surface area contributed by atoms with Crippen LogP contribution in [0.4, 0.5) is 4.39 Å². The minimum atomic E-state index is -0.203. The Hall–Kier alpha value is -1.58. The van der Waals surface area contributed by atoms with Crippen molar-refractivity contribution >= 4 is 12.4 Å². The lowest BCUT2D eigenvalue weighted by Crippen LogP contribution is -2.30. The van der Waals surface area contributed by atoms with E-state index in [4.69, 9.17) is 4.74 Å². The molecule has 0 fully saturated rings. The highest BCUT2D eigenvalue weighted by molar-refractivity contribution is 5.85. The van der Waals surface area contributed by atoms with Gasteiger partial charge in [0.15, 0.2) is 0 Å². The fourth-order valence-corrected chi connectivity index (χ4v) is 2.61. The molecule has 106 valence electrons. The molecule has 20 heavy (non-hydrogen) atoms. The second kappa shape index (κ2) is 6.25. The number of hydrogen-bond acceptors (Lipinski definition) is 2. The fourth-order valence-electron chi connectivity index (χ4n) is 2.61. The van der Waals surface area contributed by atoms with Gasteiger partial charge in [0.05, 0.1) is 13.2 Å². The molecular weight excluding hydrogens is 277 g/mol. The third-order valence-corrected chi connectivity index (χ3v) is 3.61. The van der Waals surface area contributed by atoms with Crippen molar-refractivity contribution in [3.8, 4) is 5.75 Å². The van der Waals surface area contributed by atoms with E-state index in [-0.39, 0.29) is 24.3 Å². The highest BCUT2D eigenvalue weighted by Crippen LogP contribution is 2.31. The number of nitrogens with one attached hydrogen (secondary N) is 1. The Kier molecular flexibility index (Phi) is 4.63. The fraction of sp³-hybridized carbons (Fsp3) is 0.250. The van der Waals surface area contributed by atoms with Gasteiger partial charge in [0, 0.05) is 6.54 Å². The van der Waals surface area contributed by atoms with Crippen LogP contribution >= 0.6 is 12.4 Å². The van der Waals surface area contributed by atoms with E-state index >= 15 is 0 Å². The van der Waals surface area contributed by atoms with Crippen LogP contribution in [0.2, 0.25) is 0 Å². The van der Waals surface area contributed by atoms with Gasteiger partial charge in [-0.1, -0.05) is 18.2 Å². The Balaban J connectivity index is 0.00000147. The molecule has 2 aromatic rings. The molecule has 1 aliphatic rings. The third kappa shape index (κ3) is 2.79. The average molecular weight is 294 g/mol. The minimum absolute atomic E-state index is 0. The molecule has 1 aliphatic heterocycles. The molecule has 3 rings (SSSR count). The first kappa shape index (κ1) is 14.8. The monoisotopic (exact) mass is 293 g/mol. The second-order valence-corrected chi connectivity index (χ2v) is 4.75. The van der Waals surface area contributed by atoms with E-state index in [0.29, 0.717) is 0 Å². The summed E-state index contributed by atoms with van der Waals surface area (Å²) in [7, 11) is 1.67. The van der Waals surface area contributed by atoms with E-state index in [1.807, 2.05) is 18.2 Å². The predicted molar refractivity (Wildman–Crippen MR) is 80.2 cm³/mol. The first-order valence-corrected chi connectivity index (χ1v) is 6.43. The minimum Gasteiger partial charge on any atom is -0.497 e. The number of benzene rings is 2. The van der Waals surface area contributed by atoms with Crippen LogP contribution in [0.5, 0.6) is 5.75 Å². The quantitative estimate of drug-likeness (QED) is 0.915. The Morgan fingerprint density at radius 3 is 2.60 bits per heavy atom. The standard InChI is InChI=1S/C16H16FNO.ClH/c1-19-14-7-4-11-8-9-18-16(15(11)10-14)12-2-5-13(17)6-3-12;/h2-7,10,16,18H,8-9H2,1H3;1H. The van der Waals surface area contributed by atoms with E-state index in [1.165, 1.54) is 23.3 Å². The van der Waals surface area contributed by atoms with Gasteiger partial charge in [0.2, 0.25) is 0 Å². The lowest BCUT2D eigenvalue weighted by molar-refractivity contribution is 0.412. The van der Waals surface area contributed by atoms with Gasteiger partial charge in [-0.05, 0) is 47.4 Å². The Bertz CT molecular complexity index is 586. The summed E-state index contributed by atoms with van der Waals surface area (Å²) in [6.45, 7) is 0.932. The van der Waals surface area contributed by atoms with Crippen LogP contribution < -0.4 is 10.1 Å². The summed E-state index contributed by atoms with van der Waals surface area (Å²) in [5, 5.41) is 3.48. The Morgan fingerprint density at radius 1 is 1.15 bits per heavy atom. The molecule has 4 heteroatoms. The maximum absolute atomic E-state index is 13.0. The van der Waals surface area contributed by atoms with Crippen LogP contribution in [0.3, 0.4) is 0 Å². The zero-order chi connectivity index (χ0) is 13.2. The predicted octanol–water partition coefficient (Wildman–Crippen LogP) is 3.49. The molecule has 0 radical (unpaired) electrons. The van der Waals surface area contributed by atoms with Gasteiger partial charge in [0.25, 0.3) is 0 Å². The number of fused-ring (bicyclic) bond motifs is 1. The zero-order valence-corrected chi connectivity index (χ0v) is 12.0. The van der Waals surface area contributed by atoms with Crippen LogP contribution in [0.15, 0.2) is 42.5 Å². The van der Waals surface area contributed by atoms with Crippen molar-refractivity contribution in [2.75, 3.05) is 13.7 Å². The van der Waals surface area contributed by atoms with E-state index in [1.54, 1.807) is 7.11 Å². The molecule has 1 N–H and O–H groups in total. The molecule has 0 saturated carbocycles. The van der Waals surface area contributed by atoms with Crippen molar-refractivity contribution in [2.24, 2.45) is 0 Å². The Morgan fingerprint density at radius 2 is 1.90 bits per heavy atom. The van der Waals surface area contributed by atoms with Crippen LogP contribution in [0.1, 0.15) is 22.7 Å². The number of rotatable bonds is 2. The van der Waals surface area contributed by atoms with E-state index in [2.05, 4.69) is 17.4 Å². The summed E-state index contributed by atoms with van der Waals surface area (Å²) >= 11 is 0. The summed E-state index contributed by atoms with van der Waals surface area (Å²) in [6, 6.07) is 13.0. The number of hydrogen-bond donors (Lipinski definition) is 1. The summed E-state index contributed by atoms with van der Waals surface area (Å²) in [4.78, 5) is 0. The first-order chi connectivity index (χ1) is 9.28. The summed E-state index contributed by atoms with van der Waals surface area (Å²) in [5.41, 5.74) is 3.63. The molecule has 0 saturated heterocycles. The van der Waals surface area contributed by atoms with Gasteiger partial charge >= 0.3 is 0 Å². The molecule has 1 unspecified atom stereocenters. The maximum Gasteiger partial charge on any atom is 0.123 e. The van der Waals surface area contributed by atoms with Crippen LogP contribution in [-0.4, -0.2) is 13.7 Å². The lowest BCUT2D eigenvalue weighted by atomic mass is 9.90. The topological polar surface area (TPSA) is 21.3 Å². The van der Waals surface area contributed by atoms with Crippen LogP contribution in [-0.2, 0) is 6.42 Å². The van der Waals surface area contributed by atoms with Crippen molar-refractivity contribution < 1.29 is 9.13 Å². The molecule has 2 aromatic carbocycles. The third-order valence-electron chi connectivity index (χ3n) is 3.61. The summed E-state index contributed by atoms with van der Waals surface area (Å²) < 4.78 is 18.3. The molecule has 2 nitrogen and oxygen atoms in total. The molecule has 0 spiro atoms. The van der Waals surface area contributed by atoms with Gasteiger partial charge in [-0.15, -0.1) is 12.4 Å². The smallest absolute Gasteiger partial charge is 0.123 e. The SMILES string of the molecule is COc1ccc2c(c1)C(c1ccc(F)cc1)NCC2.Cl. The maximum atomic E-state index is 13.0. The van der Waals surface area contributed by atoms with E-state index in [0.717, 1.165) is 24.3 Å². The van der Waals surface area contributed by atoms with E-state index < -0.39 is 0 Å². The number of methoxy groups -OCH3 is 1. The van der Waals surface area contributed by atoms with Gasteiger partial charge in [-0.25, -0.2) is 4.39 Å². The molecule has 0 aliphatic carbocycles. The van der Waals surface area contributed by atoms with Crippen molar-refractivity contribution in [3.05, 3.63) is 65.0 Å².